The first-order valence-corrected chi connectivity index (χ1v) is 6.75. The smallest absolute Gasteiger partial charge is 0.313 e. The Morgan fingerprint density at radius 2 is 2.05 bits per heavy atom. The van der Waals surface area contributed by atoms with Crippen LogP contribution in [0.15, 0.2) is 35.4 Å². The van der Waals surface area contributed by atoms with Crippen LogP contribution in [-0.2, 0) is 4.79 Å². The molecule has 0 amide bonds. The Morgan fingerprint density at radius 3 is 2.60 bits per heavy atom. The van der Waals surface area contributed by atoms with E-state index in [4.69, 9.17) is 5.11 Å². The second-order valence-electron chi connectivity index (χ2n) is 4.14. The molecule has 1 heterocycles. The molecule has 4 nitrogen and oxygen atoms in total. The van der Waals surface area contributed by atoms with Gasteiger partial charge < -0.3 is 5.11 Å². The lowest BCUT2D eigenvalue weighted by Crippen LogP contribution is -2.02. The summed E-state index contributed by atoms with van der Waals surface area (Å²) in [5, 5.41) is 12.9. The maximum Gasteiger partial charge on any atom is 0.313 e. The van der Waals surface area contributed by atoms with Gasteiger partial charge in [0.15, 0.2) is 0 Å². The van der Waals surface area contributed by atoms with Crippen molar-refractivity contribution in [2.24, 2.45) is 0 Å². The van der Waals surface area contributed by atoms with Crippen LogP contribution in [-0.4, -0.2) is 26.6 Å². The highest BCUT2D eigenvalue weighted by Crippen LogP contribution is 2.27. The molecule has 0 bridgehead atoms. The van der Waals surface area contributed by atoms with Gasteiger partial charge in [-0.3, -0.25) is 4.79 Å². The van der Waals surface area contributed by atoms with Crippen molar-refractivity contribution in [3.63, 3.8) is 0 Å². The van der Waals surface area contributed by atoms with Gasteiger partial charge >= 0.3 is 5.97 Å². The average Bonchev–Trinajstić information content (AvgIpc) is 2.81. The number of benzene rings is 1. The van der Waals surface area contributed by atoms with E-state index in [9.17, 15) is 13.6 Å². The van der Waals surface area contributed by atoms with Gasteiger partial charge in [-0.05, 0) is 25.1 Å². The van der Waals surface area contributed by atoms with Gasteiger partial charge in [0.2, 0.25) is 0 Å². The third kappa shape index (κ3) is 3.36. The molecule has 2 rings (SSSR count). The summed E-state index contributed by atoms with van der Waals surface area (Å²) in [4.78, 5) is 10.6. The van der Waals surface area contributed by atoms with Crippen LogP contribution in [0.4, 0.5) is 8.78 Å². The molecule has 0 aliphatic carbocycles. The summed E-state index contributed by atoms with van der Waals surface area (Å²) in [6, 6.07) is 8.40. The third-order valence-electron chi connectivity index (χ3n) is 2.54. The average molecular weight is 298 g/mol. The lowest BCUT2D eigenvalue weighted by atomic mass is 10.2. The van der Waals surface area contributed by atoms with Gasteiger partial charge in [-0.25, -0.2) is 13.5 Å². The van der Waals surface area contributed by atoms with Gasteiger partial charge in [0.1, 0.15) is 10.7 Å². The van der Waals surface area contributed by atoms with Crippen LogP contribution >= 0.6 is 11.8 Å². The summed E-state index contributed by atoms with van der Waals surface area (Å²) in [6.45, 7) is 1.91. The summed E-state index contributed by atoms with van der Waals surface area (Å²) in [6.07, 6.45) is -2.69. The van der Waals surface area contributed by atoms with E-state index >= 15 is 0 Å². The van der Waals surface area contributed by atoms with E-state index in [2.05, 4.69) is 5.10 Å². The van der Waals surface area contributed by atoms with Crippen molar-refractivity contribution in [1.29, 1.82) is 0 Å². The molecule has 0 aliphatic heterocycles. The molecular weight excluding hydrogens is 286 g/mol. The maximum atomic E-state index is 12.7. The molecule has 1 N–H and O–H groups in total. The van der Waals surface area contributed by atoms with Crippen LogP contribution in [0, 0.1) is 6.92 Å². The van der Waals surface area contributed by atoms with Crippen LogP contribution in [0.5, 0.6) is 0 Å². The van der Waals surface area contributed by atoms with Crippen molar-refractivity contribution in [3.05, 3.63) is 41.6 Å². The minimum absolute atomic E-state index is 0.208. The topological polar surface area (TPSA) is 55.1 Å². The largest absolute Gasteiger partial charge is 0.481 e. The normalized spacial score (nSPS) is 11.0. The lowest BCUT2D eigenvalue weighted by Gasteiger charge is -2.06. The molecule has 1 aromatic heterocycles. The molecule has 20 heavy (non-hydrogen) atoms. The van der Waals surface area contributed by atoms with Gasteiger partial charge in [-0.15, -0.1) is 0 Å². The molecule has 0 unspecified atom stereocenters. The molecule has 0 radical (unpaired) electrons. The molecule has 106 valence electrons. The van der Waals surface area contributed by atoms with Gasteiger partial charge in [-0.2, -0.15) is 5.10 Å². The number of aliphatic carboxylic acids is 1. The first-order chi connectivity index (χ1) is 9.47. The predicted molar refractivity (Wildman–Crippen MR) is 71.6 cm³/mol. The molecule has 0 aliphatic rings. The SMILES string of the molecule is Cc1ccc(-n2nc(C(F)F)cc2SCC(=O)O)cc1. The lowest BCUT2D eigenvalue weighted by molar-refractivity contribution is -0.133. The summed E-state index contributed by atoms with van der Waals surface area (Å²) in [5.74, 6) is -1.22. The number of aryl methyl sites for hydroxylation is 1. The Bertz CT molecular complexity index is 611. The van der Waals surface area contributed by atoms with Crippen molar-refractivity contribution in [2.45, 2.75) is 18.4 Å². The van der Waals surface area contributed by atoms with Gasteiger partial charge in [-0.1, -0.05) is 29.5 Å². The van der Waals surface area contributed by atoms with Crippen LogP contribution in [0.1, 0.15) is 17.7 Å². The number of alkyl halides is 2. The Balaban J connectivity index is 2.38. The molecule has 0 atom stereocenters. The number of thioether (sulfide) groups is 1. The van der Waals surface area contributed by atoms with Gasteiger partial charge in [0.05, 0.1) is 11.4 Å². The highest BCUT2D eigenvalue weighted by molar-refractivity contribution is 7.99. The number of nitrogens with zero attached hydrogens (tertiary/aromatic N) is 2. The molecule has 0 saturated carbocycles. The standard InChI is InChI=1S/C13H12F2N2O2S/c1-8-2-4-9(5-3-8)17-11(20-7-12(18)19)6-10(16-17)13(14)15/h2-6,13H,7H2,1H3,(H,18,19). The number of aromatic nitrogens is 2. The summed E-state index contributed by atoms with van der Waals surface area (Å²) in [5.41, 5.74) is 1.29. The van der Waals surface area contributed by atoms with E-state index in [0.717, 1.165) is 17.3 Å². The first kappa shape index (κ1) is 14.5. The van der Waals surface area contributed by atoms with Crippen LogP contribution in [0.3, 0.4) is 0 Å². The number of hydrogen-bond acceptors (Lipinski definition) is 3. The van der Waals surface area contributed by atoms with E-state index in [1.807, 2.05) is 19.1 Å². The van der Waals surface area contributed by atoms with E-state index in [0.29, 0.717) is 10.7 Å². The Hall–Kier alpha value is -1.89. The van der Waals surface area contributed by atoms with E-state index in [1.54, 1.807) is 12.1 Å². The minimum atomic E-state index is -2.69. The Morgan fingerprint density at radius 1 is 1.40 bits per heavy atom. The summed E-state index contributed by atoms with van der Waals surface area (Å²) >= 11 is 0.960. The maximum absolute atomic E-state index is 12.7. The molecule has 1 aromatic carbocycles. The fourth-order valence-corrected chi connectivity index (χ4v) is 2.34. The number of carbonyl (C=O) groups is 1. The molecule has 0 saturated heterocycles. The Kier molecular flexibility index (Phi) is 4.39. The summed E-state index contributed by atoms with van der Waals surface area (Å²) < 4.78 is 26.8. The fourth-order valence-electron chi connectivity index (χ4n) is 1.60. The van der Waals surface area contributed by atoms with Crippen molar-refractivity contribution >= 4 is 17.7 Å². The quantitative estimate of drug-likeness (QED) is 0.861. The number of halogens is 2. The second-order valence-corrected chi connectivity index (χ2v) is 5.13. The van der Waals surface area contributed by atoms with Crippen LogP contribution < -0.4 is 0 Å². The zero-order valence-corrected chi connectivity index (χ0v) is 11.4. The van der Waals surface area contributed by atoms with E-state index in [1.165, 1.54) is 10.7 Å². The second kappa shape index (κ2) is 6.04. The predicted octanol–water partition coefficient (Wildman–Crippen LogP) is 3.30. The number of carboxylic acid groups (broad SMARTS) is 1. The molecule has 0 spiro atoms. The van der Waals surface area contributed by atoms with Crippen LogP contribution in [0.2, 0.25) is 0 Å². The van der Waals surface area contributed by atoms with Crippen molar-refractivity contribution in [2.75, 3.05) is 5.75 Å². The van der Waals surface area contributed by atoms with Gasteiger partial charge in [0.25, 0.3) is 6.43 Å². The molecule has 0 fully saturated rings. The number of rotatable bonds is 5. The molecular formula is C13H12F2N2O2S. The van der Waals surface area contributed by atoms with Crippen molar-refractivity contribution in [3.8, 4) is 5.69 Å². The Labute approximate surface area is 118 Å². The highest BCUT2D eigenvalue weighted by Gasteiger charge is 2.17. The molecule has 7 heteroatoms. The minimum Gasteiger partial charge on any atom is -0.481 e. The number of hydrogen-bond donors (Lipinski definition) is 1. The molecule has 2 aromatic rings. The third-order valence-corrected chi connectivity index (χ3v) is 3.52. The summed E-state index contributed by atoms with van der Waals surface area (Å²) in [7, 11) is 0. The van der Waals surface area contributed by atoms with E-state index in [-0.39, 0.29) is 11.4 Å². The zero-order chi connectivity index (χ0) is 14.7. The van der Waals surface area contributed by atoms with Crippen LogP contribution in [0.25, 0.3) is 5.69 Å². The van der Waals surface area contributed by atoms with Crippen molar-refractivity contribution < 1.29 is 18.7 Å². The van der Waals surface area contributed by atoms with E-state index < -0.39 is 12.4 Å². The first-order valence-electron chi connectivity index (χ1n) is 5.77. The number of carboxylic acids is 1. The zero-order valence-electron chi connectivity index (χ0n) is 10.6. The highest BCUT2D eigenvalue weighted by atomic mass is 32.2. The van der Waals surface area contributed by atoms with Gasteiger partial charge in [0, 0.05) is 0 Å². The fraction of sp³-hybridized carbons (Fsp3) is 0.231. The monoisotopic (exact) mass is 298 g/mol. The van der Waals surface area contributed by atoms with Crippen molar-refractivity contribution in [1.82, 2.24) is 9.78 Å².